The summed E-state index contributed by atoms with van der Waals surface area (Å²) in [6.07, 6.45) is 15.0. The second-order valence-corrected chi connectivity index (χ2v) is 10.1. The minimum absolute atomic E-state index is 0.0759. The number of aryl methyl sites for hydroxylation is 1. The third-order valence-electron chi connectivity index (χ3n) is 6.20. The molecule has 5 heteroatoms. The zero-order valence-electron chi connectivity index (χ0n) is 17.2. The molecule has 1 aromatic heterocycles. The van der Waals surface area contributed by atoms with Gasteiger partial charge in [-0.05, 0) is 56.1 Å². The van der Waals surface area contributed by atoms with Gasteiger partial charge in [-0.2, -0.15) is 0 Å². The van der Waals surface area contributed by atoms with Gasteiger partial charge in [0.15, 0.2) is 0 Å². The van der Waals surface area contributed by atoms with Gasteiger partial charge in [0.25, 0.3) is 0 Å². The fraction of sp³-hybridized carbons (Fsp3) is 0.783. The largest absolute Gasteiger partial charge is 0.477 e. The lowest BCUT2D eigenvalue weighted by Gasteiger charge is -2.23. The molecule has 0 unspecified atom stereocenters. The summed E-state index contributed by atoms with van der Waals surface area (Å²) in [6.45, 7) is 2.25. The molecule has 1 aliphatic rings. The molecule has 1 saturated carbocycles. The summed E-state index contributed by atoms with van der Waals surface area (Å²) >= 11 is 7.94. The minimum Gasteiger partial charge on any atom is -0.477 e. The van der Waals surface area contributed by atoms with Crippen LogP contribution in [0.2, 0.25) is 0 Å². The summed E-state index contributed by atoms with van der Waals surface area (Å²) in [5.74, 6) is -0.123. The van der Waals surface area contributed by atoms with Gasteiger partial charge in [-0.1, -0.05) is 58.3 Å². The second kappa shape index (κ2) is 12.9. The van der Waals surface area contributed by atoms with Crippen molar-refractivity contribution in [2.45, 2.75) is 102 Å². The van der Waals surface area contributed by atoms with Crippen LogP contribution < -0.4 is 0 Å². The number of halogens is 1. The molecule has 0 radical (unpaired) electrons. The van der Waals surface area contributed by atoms with E-state index in [1.54, 1.807) is 6.07 Å². The lowest BCUT2D eigenvalue weighted by Crippen LogP contribution is -2.21. The molecule has 1 heterocycles. The van der Waals surface area contributed by atoms with Crippen LogP contribution >= 0.6 is 22.9 Å². The normalized spacial score (nSPS) is 24.7. The maximum atomic E-state index is 11.0. The van der Waals surface area contributed by atoms with Crippen LogP contribution in [0.1, 0.15) is 98.5 Å². The summed E-state index contributed by atoms with van der Waals surface area (Å²) in [5, 5.41) is 19.6. The van der Waals surface area contributed by atoms with Gasteiger partial charge in [-0.15, -0.1) is 22.9 Å². The lowest BCUT2D eigenvalue weighted by atomic mass is 9.85. The molecule has 0 aliphatic heterocycles. The first-order chi connectivity index (χ1) is 13.5. The summed E-state index contributed by atoms with van der Waals surface area (Å²) in [7, 11) is 0. The molecular weight excluding hydrogens is 392 g/mol. The molecule has 0 aromatic carbocycles. The highest BCUT2D eigenvalue weighted by atomic mass is 35.5. The van der Waals surface area contributed by atoms with Crippen molar-refractivity contribution in [1.82, 2.24) is 0 Å². The Morgan fingerprint density at radius 2 is 1.68 bits per heavy atom. The molecule has 3 nitrogen and oxygen atoms in total. The molecule has 160 valence electrons. The Morgan fingerprint density at radius 3 is 2.32 bits per heavy atom. The predicted octanol–water partition coefficient (Wildman–Crippen LogP) is 6.90. The maximum absolute atomic E-state index is 11.0. The number of aliphatic hydroxyl groups excluding tert-OH is 1. The SMILES string of the molecule is CCCCCCCCCC[C@@H]1[C@@H](CCCc2ccc(C(=O)O)s2)[C@H](Cl)C[C@H]1O. The minimum atomic E-state index is -0.846. The van der Waals surface area contributed by atoms with E-state index in [-0.39, 0.29) is 11.5 Å². The van der Waals surface area contributed by atoms with Crippen LogP contribution in [0, 0.1) is 11.8 Å². The number of aliphatic hydroxyl groups is 1. The standard InChI is InChI=1S/C23H37ClO3S/c1-2-3-4-5-6-7-8-9-12-19-18(20(24)16-21(19)25)13-10-11-17-14-15-22(28-17)23(26)27/h14-15,18-21,25H,2-13,16H2,1H3,(H,26,27)/t18-,19-,20-,21-/m1/s1. The molecule has 2 N–H and O–H groups in total. The monoisotopic (exact) mass is 428 g/mol. The van der Waals surface area contributed by atoms with E-state index in [0.29, 0.717) is 16.7 Å². The van der Waals surface area contributed by atoms with Crippen molar-refractivity contribution < 1.29 is 15.0 Å². The Bertz CT molecular complexity index is 574. The molecule has 4 atom stereocenters. The van der Waals surface area contributed by atoms with Gasteiger partial charge < -0.3 is 10.2 Å². The predicted molar refractivity (Wildman–Crippen MR) is 119 cm³/mol. The number of alkyl halides is 1. The van der Waals surface area contributed by atoms with Crippen molar-refractivity contribution >= 4 is 28.9 Å². The van der Waals surface area contributed by atoms with E-state index in [1.807, 2.05) is 6.07 Å². The Morgan fingerprint density at radius 1 is 1.04 bits per heavy atom. The van der Waals surface area contributed by atoms with Gasteiger partial charge in [-0.25, -0.2) is 4.79 Å². The smallest absolute Gasteiger partial charge is 0.345 e. The van der Waals surface area contributed by atoms with Crippen molar-refractivity contribution in [3.05, 3.63) is 21.9 Å². The summed E-state index contributed by atoms with van der Waals surface area (Å²) in [4.78, 5) is 12.5. The second-order valence-electron chi connectivity index (χ2n) is 8.37. The van der Waals surface area contributed by atoms with Gasteiger partial charge in [0.1, 0.15) is 4.88 Å². The summed E-state index contributed by atoms with van der Waals surface area (Å²) in [6, 6.07) is 3.62. The molecule has 0 saturated heterocycles. The Kier molecular flexibility index (Phi) is 10.9. The van der Waals surface area contributed by atoms with Gasteiger partial charge in [0.05, 0.1) is 6.10 Å². The summed E-state index contributed by atoms with van der Waals surface area (Å²) < 4.78 is 0. The molecule has 28 heavy (non-hydrogen) atoms. The van der Waals surface area contributed by atoms with Crippen molar-refractivity contribution in [3.63, 3.8) is 0 Å². The van der Waals surface area contributed by atoms with E-state index in [1.165, 1.54) is 62.7 Å². The topological polar surface area (TPSA) is 57.5 Å². The van der Waals surface area contributed by atoms with Crippen LogP contribution in [0.25, 0.3) is 0 Å². The van der Waals surface area contributed by atoms with E-state index in [9.17, 15) is 9.90 Å². The lowest BCUT2D eigenvalue weighted by molar-refractivity contribution is 0.0702. The van der Waals surface area contributed by atoms with Crippen molar-refractivity contribution in [1.29, 1.82) is 0 Å². The number of hydrogen-bond donors (Lipinski definition) is 2. The average molecular weight is 429 g/mol. The van der Waals surface area contributed by atoms with E-state index in [2.05, 4.69) is 6.92 Å². The number of carboxylic acids is 1. The third kappa shape index (κ3) is 7.68. The Hall–Kier alpha value is -0.580. The summed E-state index contributed by atoms with van der Waals surface area (Å²) in [5.41, 5.74) is 0. The van der Waals surface area contributed by atoms with Crippen LogP contribution in [0.3, 0.4) is 0 Å². The number of aromatic carboxylic acids is 1. The van der Waals surface area contributed by atoms with Gasteiger partial charge >= 0.3 is 5.97 Å². The van der Waals surface area contributed by atoms with Gasteiger partial charge in [0, 0.05) is 10.3 Å². The molecule has 0 bridgehead atoms. The molecule has 1 fully saturated rings. The first-order valence-electron chi connectivity index (χ1n) is 11.2. The Labute approximate surface area is 179 Å². The molecule has 1 aromatic rings. The number of unbranched alkanes of at least 4 members (excludes halogenated alkanes) is 7. The third-order valence-corrected chi connectivity index (χ3v) is 7.83. The first-order valence-corrected chi connectivity index (χ1v) is 12.4. The number of thiophene rings is 1. The molecule has 1 aliphatic carbocycles. The number of carboxylic acid groups (broad SMARTS) is 1. The van der Waals surface area contributed by atoms with Crippen LogP contribution in [0.15, 0.2) is 12.1 Å². The molecule has 0 amide bonds. The van der Waals surface area contributed by atoms with E-state index in [0.717, 1.165) is 37.0 Å². The molecule has 0 spiro atoms. The average Bonchev–Trinajstić information content (AvgIpc) is 3.23. The molecular formula is C23H37ClO3S. The first kappa shape index (κ1) is 23.7. The van der Waals surface area contributed by atoms with Crippen LogP contribution in [0.5, 0.6) is 0 Å². The highest BCUT2D eigenvalue weighted by molar-refractivity contribution is 7.13. The van der Waals surface area contributed by atoms with Crippen molar-refractivity contribution in [2.75, 3.05) is 0 Å². The van der Waals surface area contributed by atoms with Gasteiger partial charge in [0.2, 0.25) is 0 Å². The van der Waals surface area contributed by atoms with Crippen LogP contribution in [0.4, 0.5) is 0 Å². The van der Waals surface area contributed by atoms with E-state index >= 15 is 0 Å². The van der Waals surface area contributed by atoms with Crippen LogP contribution in [-0.2, 0) is 6.42 Å². The quantitative estimate of drug-likeness (QED) is 0.250. The highest BCUT2D eigenvalue weighted by Crippen LogP contribution is 2.42. The Balaban J connectivity index is 1.68. The van der Waals surface area contributed by atoms with Gasteiger partial charge in [-0.3, -0.25) is 0 Å². The van der Waals surface area contributed by atoms with Crippen LogP contribution in [-0.4, -0.2) is 27.7 Å². The fourth-order valence-corrected chi connectivity index (χ4v) is 5.97. The highest BCUT2D eigenvalue weighted by Gasteiger charge is 2.40. The zero-order chi connectivity index (χ0) is 20.4. The fourth-order valence-electron chi connectivity index (χ4n) is 4.59. The van der Waals surface area contributed by atoms with Crippen molar-refractivity contribution in [3.8, 4) is 0 Å². The van der Waals surface area contributed by atoms with E-state index in [4.69, 9.17) is 16.7 Å². The molecule has 2 rings (SSSR count). The van der Waals surface area contributed by atoms with Crippen molar-refractivity contribution in [2.24, 2.45) is 11.8 Å². The maximum Gasteiger partial charge on any atom is 0.345 e. The number of rotatable bonds is 14. The van der Waals surface area contributed by atoms with E-state index < -0.39 is 5.97 Å². The number of hydrogen-bond acceptors (Lipinski definition) is 3. The number of carbonyl (C=O) groups is 1. The zero-order valence-corrected chi connectivity index (χ0v) is 18.8.